The van der Waals surface area contributed by atoms with Crippen LogP contribution in [0.15, 0.2) is 30.3 Å². The molecule has 3 rings (SSSR count). The van der Waals surface area contributed by atoms with E-state index in [4.69, 9.17) is 9.84 Å². The Kier molecular flexibility index (Phi) is 4.75. The van der Waals surface area contributed by atoms with Crippen LogP contribution in [0.5, 0.6) is 0 Å². The number of likely N-dealkylation sites (N-methyl/N-ethyl adjacent to an activating group) is 1. The number of hydrogen-bond acceptors (Lipinski definition) is 6. The SMILES string of the molecule is CCN1C(=O)N(c2ccccc2)[C@@H]2O[C@@H]([C@@H](O)[C@H](O)CO)[C@@H](O)[C@@H]21. The van der Waals surface area contributed by atoms with Crippen LogP contribution in [0.25, 0.3) is 0 Å². The van der Waals surface area contributed by atoms with Crippen LogP contribution in [0.1, 0.15) is 6.92 Å². The average molecular weight is 338 g/mol. The van der Waals surface area contributed by atoms with Crippen molar-refractivity contribution in [1.82, 2.24) is 4.90 Å². The molecular weight excluding hydrogens is 316 g/mol. The van der Waals surface area contributed by atoms with Gasteiger partial charge in [0.25, 0.3) is 0 Å². The summed E-state index contributed by atoms with van der Waals surface area (Å²) in [7, 11) is 0. The summed E-state index contributed by atoms with van der Waals surface area (Å²) in [4.78, 5) is 15.6. The third-order valence-electron chi connectivity index (χ3n) is 4.63. The van der Waals surface area contributed by atoms with Gasteiger partial charge >= 0.3 is 6.03 Å². The molecule has 2 aliphatic heterocycles. The number of rotatable bonds is 5. The van der Waals surface area contributed by atoms with Gasteiger partial charge in [-0.05, 0) is 19.1 Å². The monoisotopic (exact) mass is 338 g/mol. The van der Waals surface area contributed by atoms with Crippen LogP contribution in [0.4, 0.5) is 10.5 Å². The largest absolute Gasteiger partial charge is 0.394 e. The van der Waals surface area contributed by atoms with Gasteiger partial charge in [-0.3, -0.25) is 4.90 Å². The molecule has 24 heavy (non-hydrogen) atoms. The Hall–Kier alpha value is -1.71. The number of urea groups is 1. The maximum atomic E-state index is 12.7. The highest BCUT2D eigenvalue weighted by atomic mass is 16.6. The number of aliphatic hydroxyl groups is 4. The first kappa shape index (κ1) is 17.1. The number of fused-ring (bicyclic) bond motifs is 1. The number of nitrogens with zero attached hydrogens (tertiary/aromatic N) is 2. The molecule has 0 aromatic heterocycles. The summed E-state index contributed by atoms with van der Waals surface area (Å²) in [6.07, 6.45) is -5.94. The number of hydrogen-bond donors (Lipinski definition) is 4. The molecule has 2 amide bonds. The van der Waals surface area contributed by atoms with Gasteiger partial charge in [0, 0.05) is 12.2 Å². The molecular formula is C16H22N2O6. The first-order valence-corrected chi connectivity index (χ1v) is 7.96. The average Bonchev–Trinajstić information content (AvgIpc) is 3.07. The van der Waals surface area contributed by atoms with E-state index in [0.29, 0.717) is 12.2 Å². The van der Waals surface area contributed by atoms with Crippen LogP contribution in [0.2, 0.25) is 0 Å². The normalized spacial score (nSPS) is 32.1. The van der Waals surface area contributed by atoms with Gasteiger partial charge in [-0.25, -0.2) is 4.79 Å². The lowest BCUT2D eigenvalue weighted by Gasteiger charge is -2.29. The van der Waals surface area contributed by atoms with E-state index < -0.39 is 43.3 Å². The highest BCUT2D eigenvalue weighted by Crippen LogP contribution is 2.38. The Labute approximate surface area is 139 Å². The van der Waals surface area contributed by atoms with E-state index in [1.165, 1.54) is 9.80 Å². The fraction of sp³-hybridized carbons (Fsp3) is 0.562. The van der Waals surface area contributed by atoms with E-state index in [0.717, 1.165) is 0 Å². The lowest BCUT2D eigenvalue weighted by atomic mass is 10.00. The molecule has 4 N–H and O–H groups in total. The zero-order valence-electron chi connectivity index (χ0n) is 13.3. The van der Waals surface area contributed by atoms with E-state index >= 15 is 0 Å². The molecule has 8 nitrogen and oxygen atoms in total. The second-order valence-corrected chi connectivity index (χ2v) is 5.99. The molecule has 0 unspecified atom stereocenters. The molecule has 2 saturated heterocycles. The molecule has 0 bridgehead atoms. The van der Waals surface area contributed by atoms with Crippen LogP contribution < -0.4 is 4.90 Å². The second kappa shape index (κ2) is 6.66. The fourth-order valence-electron chi connectivity index (χ4n) is 3.41. The maximum absolute atomic E-state index is 12.7. The molecule has 6 atom stereocenters. The molecule has 0 spiro atoms. The van der Waals surface area contributed by atoms with Crippen LogP contribution in [0.3, 0.4) is 0 Å². The smallest absolute Gasteiger partial charge is 0.327 e. The summed E-state index contributed by atoms with van der Waals surface area (Å²) in [6.45, 7) is 1.51. The first-order chi connectivity index (χ1) is 11.5. The van der Waals surface area contributed by atoms with Crippen molar-refractivity contribution >= 4 is 11.7 Å². The quantitative estimate of drug-likeness (QED) is 0.554. The van der Waals surface area contributed by atoms with E-state index in [9.17, 15) is 20.1 Å². The third kappa shape index (κ3) is 2.56. The van der Waals surface area contributed by atoms with Gasteiger partial charge in [0.2, 0.25) is 0 Å². The van der Waals surface area contributed by atoms with Crippen LogP contribution in [0, 0.1) is 0 Å². The summed E-state index contributed by atoms with van der Waals surface area (Å²) in [5.41, 5.74) is 0.624. The van der Waals surface area contributed by atoms with E-state index in [1.54, 1.807) is 31.2 Å². The van der Waals surface area contributed by atoms with Crippen LogP contribution in [-0.2, 0) is 4.74 Å². The van der Waals surface area contributed by atoms with Crippen molar-refractivity contribution in [3.63, 3.8) is 0 Å². The molecule has 2 heterocycles. The minimum Gasteiger partial charge on any atom is -0.394 e. The van der Waals surface area contributed by atoms with Gasteiger partial charge < -0.3 is 30.1 Å². The zero-order valence-corrected chi connectivity index (χ0v) is 13.3. The van der Waals surface area contributed by atoms with E-state index in [-0.39, 0.29) is 6.03 Å². The van der Waals surface area contributed by atoms with Crippen molar-refractivity contribution in [2.45, 2.75) is 43.6 Å². The number of para-hydroxylation sites is 1. The van der Waals surface area contributed by atoms with Crippen molar-refractivity contribution in [3.05, 3.63) is 30.3 Å². The van der Waals surface area contributed by atoms with E-state index in [2.05, 4.69) is 0 Å². The van der Waals surface area contributed by atoms with Crippen molar-refractivity contribution < 1.29 is 30.0 Å². The van der Waals surface area contributed by atoms with Crippen LogP contribution >= 0.6 is 0 Å². The standard InChI is InChI=1S/C16H22N2O6/c1-2-17-11-13(22)14(12(21)10(20)8-19)24-15(11)18(16(17)23)9-6-4-3-5-7-9/h3-7,10-15,19-22H,2,8H2,1H3/t10-,11+,12+,13+,14+,15-/m1/s1. The lowest BCUT2D eigenvalue weighted by Crippen LogP contribution is -2.50. The summed E-state index contributed by atoms with van der Waals surface area (Å²) >= 11 is 0. The number of amides is 2. The Morgan fingerprint density at radius 2 is 1.92 bits per heavy atom. The molecule has 0 saturated carbocycles. The van der Waals surface area contributed by atoms with Crippen LogP contribution in [-0.4, -0.2) is 81.2 Å². The number of carbonyl (C=O) groups excluding carboxylic acids is 1. The minimum atomic E-state index is -1.46. The predicted octanol–water partition coefficient (Wildman–Crippen LogP) is -0.883. The van der Waals surface area contributed by atoms with E-state index in [1.807, 2.05) is 6.07 Å². The summed E-state index contributed by atoms with van der Waals surface area (Å²) in [6, 6.07) is 7.99. The third-order valence-corrected chi connectivity index (χ3v) is 4.63. The number of ether oxygens (including phenoxy) is 1. The number of aliphatic hydroxyl groups excluding tert-OH is 4. The molecule has 0 aliphatic carbocycles. The Morgan fingerprint density at radius 1 is 1.25 bits per heavy atom. The molecule has 0 radical (unpaired) electrons. The lowest BCUT2D eigenvalue weighted by molar-refractivity contribution is -0.118. The van der Waals surface area contributed by atoms with Gasteiger partial charge in [-0.15, -0.1) is 0 Å². The molecule has 1 aromatic carbocycles. The Balaban J connectivity index is 1.92. The maximum Gasteiger partial charge on any atom is 0.327 e. The fourth-order valence-corrected chi connectivity index (χ4v) is 3.41. The number of carbonyl (C=O) groups is 1. The van der Waals surface area contributed by atoms with Gasteiger partial charge in [0.15, 0.2) is 6.23 Å². The number of benzene rings is 1. The van der Waals surface area contributed by atoms with Crippen molar-refractivity contribution in [1.29, 1.82) is 0 Å². The van der Waals surface area contributed by atoms with Gasteiger partial charge in [-0.1, -0.05) is 18.2 Å². The van der Waals surface area contributed by atoms with Crippen molar-refractivity contribution in [2.75, 3.05) is 18.1 Å². The minimum absolute atomic E-state index is 0.284. The summed E-state index contributed by atoms with van der Waals surface area (Å²) < 4.78 is 5.74. The van der Waals surface area contributed by atoms with Gasteiger partial charge in [0.05, 0.1) is 6.61 Å². The van der Waals surface area contributed by atoms with Crippen molar-refractivity contribution in [2.24, 2.45) is 0 Å². The number of anilines is 1. The molecule has 2 fully saturated rings. The van der Waals surface area contributed by atoms with Gasteiger partial charge in [0.1, 0.15) is 30.5 Å². The predicted molar refractivity (Wildman–Crippen MR) is 84.3 cm³/mol. The highest BCUT2D eigenvalue weighted by Gasteiger charge is 2.59. The summed E-state index contributed by atoms with van der Waals surface area (Å²) in [5, 5.41) is 39.3. The van der Waals surface area contributed by atoms with Gasteiger partial charge in [-0.2, -0.15) is 0 Å². The second-order valence-electron chi connectivity index (χ2n) is 5.99. The topological polar surface area (TPSA) is 114 Å². The molecule has 8 heteroatoms. The van der Waals surface area contributed by atoms with Crippen molar-refractivity contribution in [3.8, 4) is 0 Å². The highest BCUT2D eigenvalue weighted by molar-refractivity contribution is 5.95. The first-order valence-electron chi connectivity index (χ1n) is 7.96. The molecule has 2 aliphatic rings. The molecule has 1 aromatic rings. The molecule has 132 valence electrons. The summed E-state index contributed by atoms with van der Waals surface area (Å²) in [5.74, 6) is 0. The zero-order chi connectivity index (χ0) is 17.4. The Morgan fingerprint density at radius 3 is 2.50 bits per heavy atom. The Bertz CT molecular complexity index is 585.